The van der Waals surface area contributed by atoms with Gasteiger partial charge in [0.15, 0.2) is 0 Å². The summed E-state index contributed by atoms with van der Waals surface area (Å²) in [5.74, 6) is 0.451. The molecule has 0 N–H and O–H groups in total. The minimum absolute atomic E-state index is 0.106. The summed E-state index contributed by atoms with van der Waals surface area (Å²) in [6, 6.07) is 12.7. The third kappa shape index (κ3) is 3.64. The van der Waals surface area contributed by atoms with Crippen LogP contribution >= 0.6 is 11.6 Å². The predicted octanol–water partition coefficient (Wildman–Crippen LogP) is 5.32. The van der Waals surface area contributed by atoms with E-state index >= 15 is 4.39 Å². The fourth-order valence-electron chi connectivity index (χ4n) is 6.60. The van der Waals surface area contributed by atoms with E-state index in [1.165, 1.54) is 33.8 Å². The smallest absolute Gasteiger partial charge is 0.254 e. The maximum absolute atomic E-state index is 15.5. The highest BCUT2D eigenvalue weighted by atomic mass is 35.5. The number of hydrogen-bond donors (Lipinski definition) is 0. The average Bonchev–Trinajstić information content (AvgIpc) is 3.23. The molecule has 8 rings (SSSR count). The zero-order chi connectivity index (χ0) is 27.1. The van der Waals surface area contributed by atoms with Gasteiger partial charge in [0.25, 0.3) is 5.56 Å². The first-order valence-corrected chi connectivity index (χ1v) is 13.7. The van der Waals surface area contributed by atoms with Gasteiger partial charge < -0.3 is 0 Å². The topological polar surface area (TPSA) is 90.8 Å². The van der Waals surface area contributed by atoms with Crippen molar-refractivity contribution in [3.05, 3.63) is 110 Å². The minimum Gasteiger partial charge on any atom is -0.289 e. The van der Waals surface area contributed by atoms with Crippen LogP contribution in [0.3, 0.4) is 0 Å². The Kier molecular flexibility index (Phi) is 5.10. The van der Waals surface area contributed by atoms with Crippen LogP contribution in [0.4, 0.5) is 4.39 Å². The Morgan fingerprint density at radius 3 is 2.80 bits per heavy atom. The summed E-state index contributed by atoms with van der Waals surface area (Å²) in [4.78, 5) is 22.9. The molecule has 0 bridgehead atoms. The van der Waals surface area contributed by atoms with E-state index in [1.807, 2.05) is 6.07 Å². The number of hydrogen-bond acceptors (Lipinski definition) is 6. The number of rotatable bonds is 4. The lowest BCUT2D eigenvalue weighted by Crippen LogP contribution is -2.27. The number of fused-ring (bicyclic) bond motifs is 4. The molecule has 2 aromatic carbocycles. The molecule has 40 heavy (non-hydrogen) atoms. The van der Waals surface area contributed by atoms with E-state index in [1.54, 1.807) is 22.8 Å². The number of aryl methyl sites for hydroxylation is 1. The van der Waals surface area contributed by atoms with Crippen LogP contribution in [-0.2, 0) is 12.8 Å². The number of allylic oxidation sites excluding steroid dienone is 2. The lowest BCUT2D eigenvalue weighted by molar-refractivity contribution is 0.493. The Balaban J connectivity index is 1.14. The summed E-state index contributed by atoms with van der Waals surface area (Å²) in [5.41, 5.74) is 7.62. The molecule has 10 heteroatoms. The van der Waals surface area contributed by atoms with Gasteiger partial charge in [-0.15, -0.1) is 5.10 Å². The molecule has 4 heterocycles. The normalized spacial score (nSPS) is 22.7. The highest BCUT2D eigenvalue weighted by Gasteiger charge is 2.56. The van der Waals surface area contributed by atoms with Crippen molar-refractivity contribution in [2.45, 2.75) is 44.1 Å². The molecule has 2 aliphatic heterocycles. The molecule has 2 aromatic heterocycles. The minimum atomic E-state index is -0.476. The number of aliphatic imine (C=N–C) groups is 1. The van der Waals surface area contributed by atoms with Crippen LogP contribution in [0.5, 0.6) is 0 Å². The fraction of sp³-hybridized carbons (Fsp3) is 0.267. The molecule has 3 unspecified atom stereocenters. The van der Waals surface area contributed by atoms with Crippen molar-refractivity contribution < 1.29 is 4.39 Å². The van der Waals surface area contributed by atoms with Crippen molar-refractivity contribution in [2.75, 3.05) is 0 Å². The molecule has 1 fully saturated rings. The number of benzene rings is 2. The van der Waals surface area contributed by atoms with Gasteiger partial charge in [0.1, 0.15) is 12.2 Å². The SMILES string of the molecule is C=C1CCc2cc(C3=NC(F)=C(C4C5CC5c5nc(-c6cc(Cl)ccc6-n6cnnn6)cc(=O)n54)C3)ccc2C1. The van der Waals surface area contributed by atoms with Gasteiger partial charge in [-0.05, 0) is 83.0 Å². The monoisotopic (exact) mass is 551 g/mol. The molecule has 0 saturated heterocycles. The van der Waals surface area contributed by atoms with Crippen LogP contribution in [0.15, 0.2) is 82.3 Å². The third-order valence-electron chi connectivity index (χ3n) is 8.61. The first kappa shape index (κ1) is 23.6. The van der Waals surface area contributed by atoms with Crippen molar-refractivity contribution in [1.82, 2.24) is 29.8 Å². The van der Waals surface area contributed by atoms with Crippen molar-refractivity contribution in [3.63, 3.8) is 0 Å². The Morgan fingerprint density at radius 2 is 1.95 bits per heavy atom. The van der Waals surface area contributed by atoms with Crippen LogP contribution < -0.4 is 5.56 Å². The summed E-state index contributed by atoms with van der Waals surface area (Å²) in [7, 11) is 0. The van der Waals surface area contributed by atoms with Gasteiger partial charge in [-0.2, -0.15) is 9.07 Å². The Hall–Kier alpha value is -4.24. The standard InChI is InChI=1S/C30H23ClFN7O/c1-15-2-3-17-9-18(5-4-16(17)8-15)24-12-23(29(32)34-24)28-20-11-21(20)30-35-25(13-27(40)39(28)30)22-10-19(31)6-7-26(22)38-14-33-36-37-38/h4-7,9-10,13-14,20-21,28H,1-3,8,11-12H2. The lowest BCUT2D eigenvalue weighted by Gasteiger charge is -2.20. The van der Waals surface area contributed by atoms with Crippen LogP contribution in [0.2, 0.25) is 5.02 Å². The molecular weight excluding hydrogens is 529 g/mol. The van der Waals surface area contributed by atoms with Crippen molar-refractivity contribution in [1.29, 1.82) is 0 Å². The fourth-order valence-corrected chi connectivity index (χ4v) is 6.77. The molecule has 0 spiro atoms. The molecule has 3 atom stereocenters. The first-order valence-electron chi connectivity index (χ1n) is 13.4. The third-order valence-corrected chi connectivity index (χ3v) is 8.84. The zero-order valence-corrected chi connectivity index (χ0v) is 22.1. The molecule has 198 valence electrons. The van der Waals surface area contributed by atoms with Gasteiger partial charge in [-0.1, -0.05) is 35.9 Å². The Bertz CT molecular complexity index is 1870. The van der Waals surface area contributed by atoms with Crippen LogP contribution in [0.25, 0.3) is 16.9 Å². The molecule has 8 nitrogen and oxygen atoms in total. The highest BCUT2D eigenvalue weighted by Crippen LogP contribution is 2.61. The summed E-state index contributed by atoms with van der Waals surface area (Å²) in [6.45, 7) is 4.13. The van der Waals surface area contributed by atoms with E-state index in [-0.39, 0.29) is 23.4 Å². The molecule has 1 saturated carbocycles. The maximum atomic E-state index is 15.5. The van der Waals surface area contributed by atoms with Gasteiger partial charge in [-0.3, -0.25) is 9.36 Å². The van der Waals surface area contributed by atoms with E-state index < -0.39 is 5.95 Å². The van der Waals surface area contributed by atoms with E-state index in [4.69, 9.17) is 16.6 Å². The van der Waals surface area contributed by atoms with E-state index in [2.05, 4.69) is 39.2 Å². The summed E-state index contributed by atoms with van der Waals surface area (Å²) in [6.07, 6.45) is 5.55. The second kappa shape index (κ2) is 8.63. The molecule has 0 radical (unpaired) electrons. The molecule has 4 aliphatic rings. The maximum Gasteiger partial charge on any atom is 0.254 e. The Labute approximate surface area is 233 Å². The average molecular weight is 552 g/mol. The lowest BCUT2D eigenvalue weighted by atomic mass is 9.86. The van der Waals surface area contributed by atoms with Crippen molar-refractivity contribution in [2.24, 2.45) is 10.9 Å². The van der Waals surface area contributed by atoms with Crippen molar-refractivity contribution in [3.8, 4) is 16.9 Å². The summed E-state index contributed by atoms with van der Waals surface area (Å²) >= 11 is 6.32. The van der Waals surface area contributed by atoms with E-state index in [0.717, 1.165) is 31.2 Å². The molecule has 4 aromatic rings. The van der Waals surface area contributed by atoms with Gasteiger partial charge in [0.05, 0.1) is 23.1 Å². The predicted molar refractivity (Wildman–Crippen MR) is 148 cm³/mol. The van der Waals surface area contributed by atoms with Crippen LogP contribution in [-0.4, -0.2) is 35.5 Å². The Morgan fingerprint density at radius 1 is 1.05 bits per heavy atom. The second-order valence-corrected chi connectivity index (χ2v) is 11.5. The van der Waals surface area contributed by atoms with Gasteiger partial charge in [0, 0.05) is 34.6 Å². The first-order chi connectivity index (χ1) is 19.4. The largest absolute Gasteiger partial charge is 0.289 e. The zero-order valence-electron chi connectivity index (χ0n) is 21.4. The van der Waals surface area contributed by atoms with Gasteiger partial charge >= 0.3 is 0 Å². The number of aromatic nitrogens is 6. The number of tetrazole rings is 1. The van der Waals surface area contributed by atoms with Gasteiger partial charge in [0.2, 0.25) is 5.95 Å². The number of nitrogens with zero attached hydrogens (tertiary/aromatic N) is 7. The van der Waals surface area contributed by atoms with Crippen LogP contribution in [0, 0.1) is 5.92 Å². The highest BCUT2D eigenvalue weighted by molar-refractivity contribution is 6.31. The number of halogens is 2. The molecule has 0 amide bonds. The molecule has 2 aliphatic carbocycles. The van der Waals surface area contributed by atoms with Crippen LogP contribution in [0.1, 0.15) is 53.7 Å². The van der Waals surface area contributed by atoms with E-state index in [0.29, 0.717) is 45.5 Å². The van der Waals surface area contributed by atoms with Gasteiger partial charge in [-0.25, -0.2) is 9.98 Å². The summed E-state index contributed by atoms with van der Waals surface area (Å²) < 4.78 is 18.7. The molecular formula is C30H23ClFN7O. The van der Waals surface area contributed by atoms with Crippen molar-refractivity contribution >= 4 is 17.3 Å². The quantitative estimate of drug-likeness (QED) is 0.253. The second-order valence-electron chi connectivity index (χ2n) is 11.0. The summed E-state index contributed by atoms with van der Waals surface area (Å²) in [5, 5.41) is 11.9. The van der Waals surface area contributed by atoms with E-state index in [9.17, 15) is 4.79 Å².